The highest BCUT2D eigenvalue weighted by molar-refractivity contribution is 7.89. The van der Waals surface area contributed by atoms with Crippen LogP contribution in [0.4, 0.5) is 0 Å². The lowest BCUT2D eigenvalue weighted by molar-refractivity contribution is 0.128. The molecule has 1 aromatic rings. The van der Waals surface area contributed by atoms with Crippen LogP contribution in [0.1, 0.15) is 17.7 Å². The van der Waals surface area contributed by atoms with Crippen molar-refractivity contribution >= 4 is 10.0 Å². The van der Waals surface area contributed by atoms with Crippen molar-refractivity contribution in [3.8, 4) is 0 Å². The maximum absolute atomic E-state index is 12.0. The first-order valence-corrected chi connectivity index (χ1v) is 6.78. The van der Waals surface area contributed by atoms with Crippen LogP contribution in [-0.4, -0.2) is 27.7 Å². The van der Waals surface area contributed by atoms with Gasteiger partial charge in [0.05, 0.1) is 13.2 Å². The molecular formula is C11H15NO3S. The molecule has 1 fully saturated rings. The third-order valence-electron chi connectivity index (χ3n) is 2.55. The molecule has 0 amide bonds. The molecule has 1 saturated heterocycles. The lowest BCUT2D eigenvalue weighted by Gasteiger charge is -2.15. The minimum Gasteiger partial charge on any atom is -0.378 e. The van der Waals surface area contributed by atoms with E-state index in [4.69, 9.17) is 4.74 Å². The van der Waals surface area contributed by atoms with Gasteiger partial charge in [0.2, 0.25) is 10.0 Å². The van der Waals surface area contributed by atoms with Crippen LogP contribution in [0.5, 0.6) is 0 Å². The van der Waals surface area contributed by atoms with Gasteiger partial charge in [-0.25, -0.2) is 13.1 Å². The van der Waals surface area contributed by atoms with Gasteiger partial charge < -0.3 is 4.74 Å². The minimum atomic E-state index is -3.34. The first-order valence-electron chi connectivity index (χ1n) is 5.23. The molecule has 0 spiro atoms. The summed E-state index contributed by atoms with van der Waals surface area (Å²) in [6.45, 7) is 2.43. The van der Waals surface area contributed by atoms with Crippen LogP contribution >= 0.6 is 0 Å². The molecule has 1 aliphatic rings. The summed E-state index contributed by atoms with van der Waals surface area (Å²) in [4.78, 5) is 0. The Morgan fingerprint density at radius 1 is 1.25 bits per heavy atom. The third-order valence-corrected chi connectivity index (χ3v) is 4.44. The highest BCUT2D eigenvalue weighted by Gasteiger charge is 2.31. The first kappa shape index (κ1) is 11.6. The molecule has 88 valence electrons. The Kier molecular flexibility index (Phi) is 3.28. The van der Waals surface area contributed by atoms with Crippen molar-refractivity contribution in [1.82, 2.24) is 4.72 Å². The fourth-order valence-electron chi connectivity index (χ4n) is 1.78. The zero-order chi connectivity index (χ0) is 11.6. The number of hydrogen-bond acceptors (Lipinski definition) is 3. The Labute approximate surface area is 95.7 Å². The van der Waals surface area contributed by atoms with Crippen LogP contribution in [0.15, 0.2) is 30.3 Å². The quantitative estimate of drug-likeness (QED) is 0.800. The zero-order valence-electron chi connectivity index (χ0n) is 9.09. The molecule has 0 saturated carbocycles. The smallest absolute Gasteiger partial charge is 0.221 e. The number of ether oxygens (including phenoxy) is 1. The van der Waals surface area contributed by atoms with Crippen molar-refractivity contribution in [2.45, 2.75) is 18.2 Å². The van der Waals surface area contributed by atoms with E-state index < -0.39 is 15.3 Å². The minimum absolute atomic E-state index is 0.168. The number of rotatable bonds is 1. The molecule has 0 aromatic heterocycles. The molecule has 2 rings (SSSR count). The van der Waals surface area contributed by atoms with Gasteiger partial charge in [0.1, 0.15) is 5.25 Å². The van der Waals surface area contributed by atoms with Gasteiger partial charge in [0.15, 0.2) is 0 Å². The molecule has 1 unspecified atom stereocenters. The van der Waals surface area contributed by atoms with Gasteiger partial charge in [-0.3, -0.25) is 0 Å². The molecule has 16 heavy (non-hydrogen) atoms. The molecule has 1 aromatic carbocycles. The molecule has 0 radical (unpaired) electrons. The molecule has 1 N–H and O–H groups in total. The summed E-state index contributed by atoms with van der Waals surface area (Å²) in [6.07, 6.45) is 0. The van der Waals surface area contributed by atoms with Crippen LogP contribution in [-0.2, 0) is 14.8 Å². The summed E-state index contributed by atoms with van der Waals surface area (Å²) in [5.41, 5.74) is 0.768. The molecule has 1 heterocycles. The van der Waals surface area contributed by atoms with Crippen LogP contribution in [0.2, 0.25) is 0 Å². The lowest BCUT2D eigenvalue weighted by atomic mass is 10.1. The number of hydrogen-bond donors (Lipinski definition) is 1. The summed E-state index contributed by atoms with van der Waals surface area (Å²) in [5, 5.41) is -0.612. The highest BCUT2D eigenvalue weighted by atomic mass is 32.2. The molecule has 4 nitrogen and oxygen atoms in total. The maximum Gasteiger partial charge on any atom is 0.221 e. The van der Waals surface area contributed by atoms with Crippen molar-refractivity contribution in [3.05, 3.63) is 35.9 Å². The second kappa shape index (κ2) is 4.53. The second-order valence-corrected chi connectivity index (χ2v) is 5.90. The van der Waals surface area contributed by atoms with Gasteiger partial charge in [-0.2, -0.15) is 0 Å². The summed E-state index contributed by atoms with van der Waals surface area (Å²) < 4.78 is 32.0. The summed E-state index contributed by atoms with van der Waals surface area (Å²) >= 11 is 0. The van der Waals surface area contributed by atoms with E-state index in [0.717, 1.165) is 5.56 Å². The Balaban J connectivity index is 2.33. The fourth-order valence-corrected chi connectivity index (χ4v) is 3.37. The molecular weight excluding hydrogens is 226 g/mol. The normalized spacial score (nSPS) is 29.6. The number of benzene rings is 1. The van der Waals surface area contributed by atoms with E-state index >= 15 is 0 Å². The van der Waals surface area contributed by atoms with Crippen LogP contribution in [0.3, 0.4) is 0 Å². The highest BCUT2D eigenvalue weighted by Crippen LogP contribution is 2.23. The van der Waals surface area contributed by atoms with E-state index in [9.17, 15) is 8.42 Å². The summed E-state index contributed by atoms with van der Waals surface area (Å²) in [6, 6.07) is 8.98. The standard InChI is InChI=1S/C11H15NO3S/c1-9-7-15-8-11(16(13,14)12-9)10-5-3-2-4-6-10/h2-6,9,11-12H,7-8H2,1H3/t9-,11?/m1/s1. The average molecular weight is 241 g/mol. The number of nitrogens with one attached hydrogen (secondary N) is 1. The van der Waals surface area contributed by atoms with Crippen LogP contribution in [0.25, 0.3) is 0 Å². The van der Waals surface area contributed by atoms with E-state index in [0.29, 0.717) is 6.61 Å². The Morgan fingerprint density at radius 3 is 2.62 bits per heavy atom. The first-order chi connectivity index (χ1) is 7.59. The van der Waals surface area contributed by atoms with Crippen molar-refractivity contribution < 1.29 is 13.2 Å². The van der Waals surface area contributed by atoms with Crippen molar-refractivity contribution in [3.63, 3.8) is 0 Å². The van der Waals surface area contributed by atoms with Gasteiger partial charge in [-0.1, -0.05) is 30.3 Å². The second-order valence-electron chi connectivity index (χ2n) is 4.00. The molecule has 5 heteroatoms. The predicted molar refractivity (Wildman–Crippen MR) is 61.5 cm³/mol. The lowest BCUT2D eigenvalue weighted by Crippen LogP contribution is -2.35. The van der Waals surface area contributed by atoms with E-state index in [1.165, 1.54) is 0 Å². The Hall–Kier alpha value is -0.910. The van der Waals surface area contributed by atoms with E-state index in [1.54, 1.807) is 6.92 Å². The zero-order valence-corrected chi connectivity index (χ0v) is 9.91. The van der Waals surface area contributed by atoms with E-state index in [-0.39, 0.29) is 12.6 Å². The predicted octanol–water partition coefficient (Wildman–Crippen LogP) is 1.07. The molecule has 0 aliphatic carbocycles. The van der Waals surface area contributed by atoms with Crippen LogP contribution < -0.4 is 4.72 Å². The van der Waals surface area contributed by atoms with Gasteiger partial charge in [0.25, 0.3) is 0 Å². The SMILES string of the molecule is C[C@@H]1COCC(c2ccccc2)S(=O)(=O)N1. The van der Waals surface area contributed by atoms with E-state index in [1.807, 2.05) is 30.3 Å². The maximum atomic E-state index is 12.0. The van der Waals surface area contributed by atoms with Gasteiger partial charge in [-0.05, 0) is 12.5 Å². The average Bonchev–Trinajstić information content (AvgIpc) is 2.37. The summed E-state index contributed by atoms with van der Waals surface area (Å²) in [5.74, 6) is 0. The van der Waals surface area contributed by atoms with Crippen LogP contribution in [0, 0.1) is 0 Å². The monoisotopic (exact) mass is 241 g/mol. The van der Waals surface area contributed by atoms with Gasteiger partial charge >= 0.3 is 0 Å². The molecule has 1 aliphatic heterocycles. The van der Waals surface area contributed by atoms with Gasteiger partial charge in [0, 0.05) is 6.04 Å². The summed E-state index contributed by atoms with van der Waals surface area (Å²) in [7, 11) is -3.34. The molecule has 0 bridgehead atoms. The van der Waals surface area contributed by atoms with Crippen molar-refractivity contribution in [1.29, 1.82) is 0 Å². The third kappa shape index (κ3) is 2.42. The largest absolute Gasteiger partial charge is 0.378 e. The van der Waals surface area contributed by atoms with Gasteiger partial charge in [-0.15, -0.1) is 0 Å². The topological polar surface area (TPSA) is 55.4 Å². The number of sulfonamides is 1. The van der Waals surface area contributed by atoms with E-state index in [2.05, 4.69) is 4.72 Å². The van der Waals surface area contributed by atoms with Crippen molar-refractivity contribution in [2.24, 2.45) is 0 Å². The molecule has 2 atom stereocenters. The van der Waals surface area contributed by atoms with Crippen molar-refractivity contribution in [2.75, 3.05) is 13.2 Å². The fraction of sp³-hybridized carbons (Fsp3) is 0.455. The Bertz CT molecular complexity index is 444. The Morgan fingerprint density at radius 2 is 1.94 bits per heavy atom.